The van der Waals surface area contributed by atoms with Crippen LogP contribution in [0.5, 0.6) is 5.75 Å². The van der Waals surface area contributed by atoms with E-state index in [1.54, 1.807) is 18.6 Å². The Balaban J connectivity index is 3.08. The fourth-order valence-corrected chi connectivity index (χ4v) is 2.39. The summed E-state index contributed by atoms with van der Waals surface area (Å²) in [7, 11) is -3.01. The van der Waals surface area contributed by atoms with Gasteiger partial charge in [0.2, 0.25) is 0 Å². The number of urea groups is 1. The van der Waals surface area contributed by atoms with Crippen molar-refractivity contribution in [3.63, 3.8) is 0 Å². The van der Waals surface area contributed by atoms with Crippen LogP contribution in [0.1, 0.15) is 13.8 Å². The largest absolute Gasteiger partial charge is 0.492 e. The molecule has 1 aromatic carbocycles. The SMILES string of the molecule is COc1c(N)cc(S(=O)(=O)NC(=O)NC(C)C)cc1F. The molecule has 0 aliphatic heterocycles. The van der Waals surface area contributed by atoms with Gasteiger partial charge in [0.15, 0.2) is 11.6 Å². The van der Waals surface area contributed by atoms with E-state index in [2.05, 4.69) is 10.1 Å². The Morgan fingerprint density at radius 1 is 1.40 bits per heavy atom. The van der Waals surface area contributed by atoms with Crippen LogP contribution < -0.4 is 20.5 Å². The smallest absolute Gasteiger partial charge is 0.328 e. The highest BCUT2D eigenvalue weighted by atomic mass is 32.2. The number of amides is 2. The van der Waals surface area contributed by atoms with Gasteiger partial charge in [-0.1, -0.05) is 0 Å². The fraction of sp³-hybridized carbons (Fsp3) is 0.364. The molecule has 0 atom stereocenters. The van der Waals surface area contributed by atoms with Crippen molar-refractivity contribution in [3.8, 4) is 5.75 Å². The minimum absolute atomic E-state index is 0.183. The van der Waals surface area contributed by atoms with E-state index < -0.39 is 26.8 Å². The van der Waals surface area contributed by atoms with Crippen LogP contribution in [0.4, 0.5) is 14.9 Å². The van der Waals surface area contributed by atoms with E-state index in [1.807, 2.05) is 0 Å². The molecular formula is C11H16FN3O4S. The number of halogens is 1. The molecule has 20 heavy (non-hydrogen) atoms. The zero-order valence-corrected chi connectivity index (χ0v) is 12.0. The third-order valence-electron chi connectivity index (χ3n) is 2.21. The number of nitrogen functional groups attached to an aromatic ring is 1. The molecule has 1 rings (SSSR count). The van der Waals surface area contributed by atoms with Gasteiger partial charge in [-0.05, 0) is 26.0 Å². The van der Waals surface area contributed by atoms with Crippen molar-refractivity contribution >= 4 is 21.7 Å². The van der Waals surface area contributed by atoms with Crippen molar-refractivity contribution < 1.29 is 22.3 Å². The van der Waals surface area contributed by atoms with Crippen LogP contribution in [0.25, 0.3) is 0 Å². The number of nitrogens with one attached hydrogen (secondary N) is 2. The molecule has 4 N–H and O–H groups in total. The lowest BCUT2D eigenvalue weighted by molar-refractivity contribution is 0.243. The highest BCUT2D eigenvalue weighted by molar-refractivity contribution is 7.90. The van der Waals surface area contributed by atoms with E-state index in [4.69, 9.17) is 5.73 Å². The average Bonchev–Trinajstić information content (AvgIpc) is 2.26. The lowest BCUT2D eigenvalue weighted by Gasteiger charge is -2.12. The number of carbonyl (C=O) groups is 1. The van der Waals surface area contributed by atoms with Gasteiger partial charge in [0.25, 0.3) is 10.0 Å². The molecule has 0 aliphatic rings. The molecule has 0 saturated heterocycles. The van der Waals surface area contributed by atoms with Crippen LogP contribution in [-0.2, 0) is 10.0 Å². The Hall–Kier alpha value is -2.03. The zero-order chi connectivity index (χ0) is 15.5. The standard InChI is InChI=1S/C11H16FN3O4S/c1-6(2)14-11(16)15-20(17,18)7-4-8(12)10(19-3)9(13)5-7/h4-6H,13H2,1-3H3,(H2,14,15,16). The number of hydrogen-bond donors (Lipinski definition) is 3. The van der Waals surface area contributed by atoms with Crippen LogP contribution in [0.2, 0.25) is 0 Å². The molecule has 0 saturated carbocycles. The lowest BCUT2D eigenvalue weighted by Crippen LogP contribution is -2.42. The number of methoxy groups -OCH3 is 1. The van der Waals surface area contributed by atoms with Crippen LogP contribution in [0, 0.1) is 5.82 Å². The molecule has 0 radical (unpaired) electrons. The first kappa shape index (κ1) is 16.0. The van der Waals surface area contributed by atoms with Crippen LogP contribution >= 0.6 is 0 Å². The number of carbonyl (C=O) groups excluding carboxylic acids is 1. The van der Waals surface area contributed by atoms with E-state index in [0.717, 1.165) is 12.1 Å². The molecule has 0 heterocycles. The van der Waals surface area contributed by atoms with Crippen molar-refractivity contribution in [3.05, 3.63) is 17.9 Å². The quantitative estimate of drug-likeness (QED) is 0.713. The van der Waals surface area contributed by atoms with Crippen molar-refractivity contribution in [2.45, 2.75) is 24.8 Å². The summed E-state index contributed by atoms with van der Waals surface area (Å²) in [5.74, 6) is -1.19. The van der Waals surface area contributed by atoms with Crippen molar-refractivity contribution in [1.29, 1.82) is 0 Å². The minimum Gasteiger partial charge on any atom is -0.492 e. The second kappa shape index (κ2) is 5.95. The Bertz CT molecular complexity index is 593. The van der Waals surface area contributed by atoms with Gasteiger partial charge in [-0.2, -0.15) is 0 Å². The fourth-order valence-electron chi connectivity index (χ4n) is 1.43. The summed E-state index contributed by atoms with van der Waals surface area (Å²) in [6, 6.07) is 0.574. The monoisotopic (exact) mass is 305 g/mol. The molecule has 0 bridgehead atoms. The van der Waals surface area contributed by atoms with E-state index in [1.165, 1.54) is 7.11 Å². The summed E-state index contributed by atoms with van der Waals surface area (Å²) >= 11 is 0. The maximum atomic E-state index is 13.6. The lowest BCUT2D eigenvalue weighted by atomic mass is 10.3. The number of anilines is 1. The minimum atomic E-state index is -4.21. The zero-order valence-electron chi connectivity index (χ0n) is 11.2. The Labute approximate surface area is 116 Å². The molecule has 0 spiro atoms. The molecule has 0 aromatic heterocycles. The maximum absolute atomic E-state index is 13.6. The van der Waals surface area contributed by atoms with E-state index in [0.29, 0.717) is 0 Å². The van der Waals surface area contributed by atoms with Gasteiger partial charge < -0.3 is 15.8 Å². The van der Waals surface area contributed by atoms with Gasteiger partial charge >= 0.3 is 6.03 Å². The van der Waals surface area contributed by atoms with E-state index >= 15 is 0 Å². The highest BCUT2D eigenvalue weighted by Crippen LogP contribution is 2.28. The summed E-state index contributed by atoms with van der Waals surface area (Å²) in [5.41, 5.74) is 5.30. The number of benzene rings is 1. The first-order valence-electron chi connectivity index (χ1n) is 5.63. The summed E-state index contributed by atoms with van der Waals surface area (Å²) < 4.78 is 43.8. The normalized spacial score (nSPS) is 11.2. The van der Waals surface area contributed by atoms with Crippen LogP contribution in [0.15, 0.2) is 17.0 Å². The molecule has 9 heteroatoms. The summed E-state index contributed by atoms with van der Waals surface area (Å²) in [4.78, 5) is 10.9. The molecule has 2 amide bonds. The van der Waals surface area contributed by atoms with Crippen molar-refractivity contribution in [2.24, 2.45) is 0 Å². The van der Waals surface area contributed by atoms with Gasteiger partial charge in [-0.3, -0.25) is 0 Å². The Kier molecular flexibility index (Phi) is 4.77. The highest BCUT2D eigenvalue weighted by Gasteiger charge is 2.21. The van der Waals surface area contributed by atoms with Gasteiger partial charge in [0, 0.05) is 6.04 Å². The third kappa shape index (κ3) is 3.73. The molecular weight excluding hydrogens is 289 g/mol. The molecule has 1 aromatic rings. The first-order chi connectivity index (χ1) is 9.17. The van der Waals surface area contributed by atoms with Gasteiger partial charge in [0.05, 0.1) is 17.7 Å². The topological polar surface area (TPSA) is 111 Å². The number of ether oxygens (including phenoxy) is 1. The molecule has 0 fully saturated rings. The van der Waals surface area contributed by atoms with Crippen LogP contribution in [0.3, 0.4) is 0 Å². The third-order valence-corrected chi connectivity index (χ3v) is 3.52. The number of nitrogens with two attached hydrogens (primary N) is 1. The van der Waals surface area contributed by atoms with Crippen molar-refractivity contribution in [1.82, 2.24) is 10.0 Å². The summed E-state index contributed by atoms with van der Waals surface area (Å²) in [5, 5.41) is 2.34. The van der Waals surface area contributed by atoms with Crippen molar-refractivity contribution in [2.75, 3.05) is 12.8 Å². The van der Waals surface area contributed by atoms with E-state index in [9.17, 15) is 17.6 Å². The predicted molar refractivity (Wildman–Crippen MR) is 71.4 cm³/mol. The number of sulfonamides is 1. The first-order valence-corrected chi connectivity index (χ1v) is 7.12. The Morgan fingerprint density at radius 3 is 2.45 bits per heavy atom. The summed E-state index contributed by atoms with van der Waals surface area (Å²) in [6.45, 7) is 3.33. The van der Waals surface area contributed by atoms with Crippen LogP contribution in [-0.4, -0.2) is 27.6 Å². The number of hydrogen-bond acceptors (Lipinski definition) is 5. The average molecular weight is 305 g/mol. The molecule has 112 valence electrons. The summed E-state index contributed by atoms with van der Waals surface area (Å²) in [6.07, 6.45) is 0. The molecule has 7 nitrogen and oxygen atoms in total. The van der Waals surface area contributed by atoms with Gasteiger partial charge in [-0.25, -0.2) is 22.3 Å². The maximum Gasteiger partial charge on any atom is 0.328 e. The predicted octanol–water partition coefficient (Wildman–Crippen LogP) is 0.813. The second-order valence-corrected chi connectivity index (χ2v) is 5.94. The van der Waals surface area contributed by atoms with E-state index in [-0.39, 0.29) is 17.5 Å². The second-order valence-electron chi connectivity index (χ2n) is 4.26. The molecule has 0 unspecified atom stereocenters. The number of rotatable bonds is 4. The molecule has 0 aliphatic carbocycles. The Morgan fingerprint density at radius 2 is 2.00 bits per heavy atom. The van der Waals surface area contributed by atoms with Gasteiger partial charge in [-0.15, -0.1) is 0 Å². The van der Waals surface area contributed by atoms with Gasteiger partial charge in [0.1, 0.15) is 0 Å².